The van der Waals surface area contributed by atoms with Gasteiger partial charge >= 0.3 is 0 Å². The van der Waals surface area contributed by atoms with E-state index in [-0.39, 0.29) is 22.1 Å². The molecule has 5 rings (SSSR count). The molecule has 3 aromatic carbocycles. The van der Waals surface area contributed by atoms with Crippen molar-refractivity contribution in [3.63, 3.8) is 0 Å². The zero-order valence-corrected chi connectivity index (χ0v) is 19.9. The molecular weight excluding hydrogens is 482 g/mol. The van der Waals surface area contributed by atoms with Gasteiger partial charge in [-0.05, 0) is 55.3 Å². The first-order chi connectivity index (χ1) is 17.3. The molecule has 2 heterocycles. The third-order valence-corrected chi connectivity index (χ3v) is 8.23. The zero-order chi connectivity index (χ0) is 25.3. The molecule has 36 heavy (non-hydrogen) atoms. The second kappa shape index (κ2) is 9.51. The monoisotopic (exact) mass is 505 g/mol. The number of anilines is 1. The van der Waals surface area contributed by atoms with Gasteiger partial charge in [0.25, 0.3) is 11.6 Å². The molecule has 1 fully saturated rings. The highest BCUT2D eigenvalue weighted by molar-refractivity contribution is 7.89. The van der Waals surface area contributed by atoms with Crippen LogP contribution in [0, 0.1) is 10.1 Å². The number of non-ortho nitro benzene ring substituents is 1. The van der Waals surface area contributed by atoms with Crippen molar-refractivity contribution in [3.05, 3.63) is 94.3 Å². The fourth-order valence-electron chi connectivity index (χ4n) is 4.36. The van der Waals surface area contributed by atoms with E-state index in [1.54, 1.807) is 0 Å². The number of sulfonamides is 1. The molecular formula is C25H23N5O5S. The zero-order valence-electron chi connectivity index (χ0n) is 19.1. The quantitative estimate of drug-likeness (QED) is 0.296. The van der Waals surface area contributed by atoms with Gasteiger partial charge in [-0.3, -0.25) is 14.9 Å². The fraction of sp³-hybridized carbons (Fsp3) is 0.200. The average molecular weight is 506 g/mol. The predicted molar refractivity (Wildman–Crippen MR) is 134 cm³/mol. The van der Waals surface area contributed by atoms with Gasteiger partial charge in [-0.2, -0.15) is 4.31 Å². The number of aromatic amines is 1. The lowest BCUT2D eigenvalue weighted by Gasteiger charge is -2.30. The smallest absolute Gasteiger partial charge is 0.270 e. The summed E-state index contributed by atoms with van der Waals surface area (Å²) in [5.41, 5.74) is 2.20. The van der Waals surface area contributed by atoms with Crippen LogP contribution >= 0.6 is 0 Å². The van der Waals surface area contributed by atoms with E-state index in [4.69, 9.17) is 0 Å². The van der Waals surface area contributed by atoms with Crippen molar-refractivity contribution in [3.8, 4) is 0 Å². The highest BCUT2D eigenvalue weighted by Crippen LogP contribution is 2.30. The molecule has 1 aliphatic rings. The van der Waals surface area contributed by atoms with E-state index in [0.717, 1.165) is 16.9 Å². The number of carbonyl (C=O) groups is 1. The van der Waals surface area contributed by atoms with Gasteiger partial charge in [0.15, 0.2) is 0 Å². The molecule has 2 N–H and O–H groups in total. The molecule has 0 saturated carbocycles. The maximum absolute atomic E-state index is 13.2. The number of carbonyl (C=O) groups excluding carboxylic acids is 1. The Kier molecular flexibility index (Phi) is 6.25. The van der Waals surface area contributed by atoms with Crippen molar-refractivity contribution < 1.29 is 18.1 Å². The fourth-order valence-corrected chi connectivity index (χ4v) is 5.83. The lowest BCUT2D eigenvalue weighted by atomic mass is 9.97. The molecule has 0 atom stereocenters. The SMILES string of the molecule is O=C(Nc1ccc(S(=O)(=O)N2CCC(c3nc4ccccc4[nH]3)CC2)cc1)c1cccc([N+](=O)[O-])c1. The highest BCUT2D eigenvalue weighted by Gasteiger charge is 2.31. The minimum atomic E-state index is -3.69. The first-order valence-corrected chi connectivity index (χ1v) is 12.9. The maximum atomic E-state index is 13.2. The molecule has 0 unspecified atom stereocenters. The van der Waals surface area contributed by atoms with E-state index in [1.165, 1.54) is 52.8 Å². The van der Waals surface area contributed by atoms with Crippen LogP contribution in [0.3, 0.4) is 0 Å². The number of hydrogen-bond donors (Lipinski definition) is 2. The Morgan fingerprint density at radius 1 is 1.03 bits per heavy atom. The summed E-state index contributed by atoms with van der Waals surface area (Å²) in [6.07, 6.45) is 1.33. The second-order valence-corrected chi connectivity index (χ2v) is 10.5. The van der Waals surface area contributed by atoms with E-state index in [2.05, 4.69) is 15.3 Å². The summed E-state index contributed by atoms with van der Waals surface area (Å²) >= 11 is 0. The molecule has 1 aliphatic heterocycles. The van der Waals surface area contributed by atoms with Gasteiger partial charge < -0.3 is 10.3 Å². The van der Waals surface area contributed by atoms with Crippen LogP contribution in [0.25, 0.3) is 11.0 Å². The summed E-state index contributed by atoms with van der Waals surface area (Å²) in [5, 5.41) is 13.6. The van der Waals surface area contributed by atoms with Crippen LogP contribution in [0.4, 0.5) is 11.4 Å². The number of imidazole rings is 1. The summed E-state index contributed by atoms with van der Waals surface area (Å²) in [4.78, 5) is 31.0. The van der Waals surface area contributed by atoms with Gasteiger partial charge in [-0.25, -0.2) is 13.4 Å². The summed E-state index contributed by atoms with van der Waals surface area (Å²) in [6.45, 7) is 0.768. The number of nitrogens with one attached hydrogen (secondary N) is 2. The highest BCUT2D eigenvalue weighted by atomic mass is 32.2. The summed E-state index contributed by atoms with van der Waals surface area (Å²) in [6, 6.07) is 19.1. The molecule has 1 amide bonds. The Bertz CT molecular complexity index is 1510. The van der Waals surface area contributed by atoms with Crippen molar-refractivity contribution in [2.24, 2.45) is 0 Å². The van der Waals surface area contributed by atoms with Crippen molar-refractivity contribution in [1.29, 1.82) is 0 Å². The first kappa shape index (κ1) is 23.6. The lowest BCUT2D eigenvalue weighted by Crippen LogP contribution is -2.38. The van der Waals surface area contributed by atoms with Gasteiger partial charge in [0.05, 0.1) is 20.9 Å². The normalized spacial score (nSPS) is 15.1. The van der Waals surface area contributed by atoms with Crippen LogP contribution in [0.5, 0.6) is 0 Å². The van der Waals surface area contributed by atoms with E-state index >= 15 is 0 Å². The number of nitro benzene ring substituents is 1. The summed E-state index contributed by atoms with van der Waals surface area (Å²) in [7, 11) is -3.69. The first-order valence-electron chi connectivity index (χ1n) is 11.4. The van der Waals surface area contributed by atoms with Crippen LogP contribution in [0.1, 0.15) is 34.9 Å². The van der Waals surface area contributed by atoms with Gasteiger partial charge in [0.1, 0.15) is 5.82 Å². The van der Waals surface area contributed by atoms with Gasteiger partial charge in [0.2, 0.25) is 10.0 Å². The molecule has 184 valence electrons. The number of nitro groups is 1. The van der Waals surface area contributed by atoms with Crippen LogP contribution < -0.4 is 5.32 Å². The Hall–Kier alpha value is -4.09. The van der Waals surface area contributed by atoms with E-state index < -0.39 is 20.9 Å². The van der Waals surface area contributed by atoms with Gasteiger partial charge in [-0.1, -0.05) is 18.2 Å². The Morgan fingerprint density at radius 3 is 2.44 bits per heavy atom. The number of hydrogen-bond acceptors (Lipinski definition) is 6. The van der Waals surface area contributed by atoms with E-state index in [1.807, 2.05) is 24.3 Å². The number of para-hydroxylation sites is 2. The number of fused-ring (bicyclic) bond motifs is 1. The standard InChI is InChI=1S/C25H23N5O5S/c31-25(18-4-3-5-20(16-18)30(32)33)26-19-8-10-21(11-9-19)36(34,35)29-14-12-17(13-15-29)24-27-22-6-1-2-7-23(22)28-24/h1-11,16-17H,12-15H2,(H,26,31)(H,27,28). The third-order valence-electron chi connectivity index (χ3n) is 6.32. The third kappa shape index (κ3) is 4.70. The van der Waals surface area contributed by atoms with Crippen molar-refractivity contribution in [2.75, 3.05) is 18.4 Å². The number of benzene rings is 3. The number of aromatic nitrogens is 2. The van der Waals surface area contributed by atoms with Gasteiger partial charge in [-0.15, -0.1) is 0 Å². The Balaban J connectivity index is 1.23. The Labute approximate surface area is 207 Å². The van der Waals surface area contributed by atoms with Crippen molar-refractivity contribution in [1.82, 2.24) is 14.3 Å². The molecule has 4 aromatic rings. The Morgan fingerprint density at radius 2 is 1.75 bits per heavy atom. The van der Waals surface area contributed by atoms with Gasteiger partial charge in [0, 0.05) is 42.4 Å². The second-order valence-electron chi connectivity index (χ2n) is 8.60. The van der Waals surface area contributed by atoms with Crippen molar-refractivity contribution in [2.45, 2.75) is 23.7 Å². The number of H-pyrrole nitrogens is 1. The molecule has 10 nitrogen and oxygen atoms in total. The average Bonchev–Trinajstić information content (AvgIpc) is 3.33. The van der Waals surface area contributed by atoms with Crippen LogP contribution in [-0.2, 0) is 10.0 Å². The molecule has 1 saturated heterocycles. The van der Waals surface area contributed by atoms with Crippen LogP contribution in [0.15, 0.2) is 77.7 Å². The molecule has 0 spiro atoms. The summed E-state index contributed by atoms with van der Waals surface area (Å²) in [5.74, 6) is 0.523. The molecule has 11 heteroatoms. The summed E-state index contributed by atoms with van der Waals surface area (Å²) < 4.78 is 27.8. The lowest BCUT2D eigenvalue weighted by molar-refractivity contribution is -0.384. The van der Waals surface area contributed by atoms with Crippen LogP contribution in [-0.4, -0.2) is 46.6 Å². The number of amides is 1. The molecule has 0 aliphatic carbocycles. The van der Waals surface area contributed by atoms with E-state index in [0.29, 0.717) is 31.6 Å². The minimum absolute atomic E-state index is 0.133. The number of nitrogens with zero attached hydrogens (tertiary/aromatic N) is 3. The van der Waals surface area contributed by atoms with E-state index in [9.17, 15) is 23.3 Å². The number of rotatable bonds is 6. The van der Waals surface area contributed by atoms with Crippen LogP contribution in [0.2, 0.25) is 0 Å². The van der Waals surface area contributed by atoms with Crippen molar-refractivity contribution >= 4 is 38.3 Å². The molecule has 1 aromatic heterocycles. The predicted octanol–water partition coefficient (Wildman–Crippen LogP) is 4.29. The molecule has 0 bridgehead atoms. The molecule has 0 radical (unpaired) electrons. The minimum Gasteiger partial charge on any atom is -0.342 e. The number of piperidine rings is 1. The topological polar surface area (TPSA) is 138 Å². The largest absolute Gasteiger partial charge is 0.342 e. The maximum Gasteiger partial charge on any atom is 0.270 e.